The number of rotatable bonds is 3. The molecule has 0 radical (unpaired) electrons. The summed E-state index contributed by atoms with van der Waals surface area (Å²) in [7, 11) is 1.94. The predicted molar refractivity (Wildman–Crippen MR) is 91.2 cm³/mol. The maximum absolute atomic E-state index is 10.8. The van der Waals surface area contributed by atoms with Crippen molar-refractivity contribution >= 4 is 28.9 Å². The Morgan fingerprint density at radius 1 is 1.05 bits per heavy atom. The molecule has 1 N–H and O–H groups in total. The first kappa shape index (κ1) is 15.5. The summed E-state index contributed by atoms with van der Waals surface area (Å²) in [6, 6.07) is 11.7. The highest BCUT2D eigenvalue weighted by Gasteiger charge is 2.28. The van der Waals surface area contributed by atoms with Crippen molar-refractivity contribution in [3.05, 3.63) is 68.0 Å². The summed E-state index contributed by atoms with van der Waals surface area (Å²) in [5.74, 6) is 0.259. The average molecular weight is 335 g/mol. The van der Waals surface area contributed by atoms with Crippen LogP contribution >= 0.6 is 23.2 Å². The van der Waals surface area contributed by atoms with E-state index < -0.39 is 0 Å². The van der Waals surface area contributed by atoms with Gasteiger partial charge >= 0.3 is 0 Å². The van der Waals surface area contributed by atoms with E-state index in [-0.39, 0.29) is 12.0 Å². The van der Waals surface area contributed by atoms with Gasteiger partial charge in [-0.2, -0.15) is 0 Å². The van der Waals surface area contributed by atoms with E-state index in [4.69, 9.17) is 23.2 Å². The predicted octanol–water partition coefficient (Wildman–Crippen LogP) is 5.58. The summed E-state index contributed by atoms with van der Waals surface area (Å²) in [5.41, 5.74) is 3.98. The molecule has 3 nitrogen and oxygen atoms in total. The lowest BCUT2D eigenvalue weighted by molar-refractivity contribution is 0.471. The van der Waals surface area contributed by atoms with Crippen molar-refractivity contribution in [2.75, 3.05) is 7.05 Å². The molecule has 1 aliphatic rings. The van der Waals surface area contributed by atoms with Crippen molar-refractivity contribution in [3.8, 4) is 0 Å². The third-order valence-corrected chi connectivity index (χ3v) is 5.10. The fourth-order valence-electron chi connectivity index (χ4n) is 3.26. The third-order valence-electron chi connectivity index (χ3n) is 4.37. The topological polar surface area (TPSA) is 41.5 Å². The van der Waals surface area contributed by atoms with Crippen molar-refractivity contribution in [1.82, 2.24) is 5.32 Å². The normalized spacial score (nSPS) is 20.5. The number of hydrogen-bond acceptors (Lipinski definition) is 3. The molecule has 114 valence electrons. The Morgan fingerprint density at radius 3 is 2.55 bits per heavy atom. The molecule has 5 heteroatoms. The van der Waals surface area contributed by atoms with Gasteiger partial charge in [0.25, 0.3) is 0 Å². The van der Waals surface area contributed by atoms with Gasteiger partial charge in [0.1, 0.15) is 5.69 Å². The van der Waals surface area contributed by atoms with Gasteiger partial charge in [0.15, 0.2) is 0 Å². The van der Waals surface area contributed by atoms with Crippen LogP contribution < -0.4 is 5.32 Å². The zero-order valence-corrected chi connectivity index (χ0v) is 13.7. The summed E-state index contributed by atoms with van der Waals surface area (Å²) in [4.78, 5) is 10.8. The van der Waals surface area contributed by atoms with Gasteiger partial charge in [0.2, 0.25) is 0 Å². The highest BCUT2D eigenvalue weighted by Crippen LogP contribution is 2.43. The molecule has 22 heavy (non-hydrogen) atoms. The lowest BCUT2D eigenvalue weighted by Crippen LogP contribution is -2.24. The second-order valence-electron chi connectivity index (χ2n) is 5.55. The second kappa shape index (κ2) is 6.37. The molecule has 2 atom stereocenters. The molecule has 0 aromatic heterocycles. The Morgan fingerprint density at radius 2 is 1.86 bits per heavy atom. The number of hydrogen-bond donors (Lipinski definition) is 1. The average Bonchev–Trinajstić information content (AvgIpc) is 2.55. The highest BCUT2D eigenvalue weighted by atomic mass is 35.5. The quantitative estimate of drug-likeness (QED) is 0.744. The van der Waals surface area contributed by atoms with Crippen LogP contribution in [-0.2, 0) is 0 Å². The summed E-state index contributed by atoms with van der Waals surface area (Å²) < 4.78 is 0. The number of fused-ring (bicyclic) bond motifs is 1. The lowest BCUT2D eigenvalue weighted by Gasteiger charge is -2.32. The van der Waals surface area contributed by atoms with Crippen LogP contribution in [0.2, 0.25) is 10.0 Å². The largest absolute Gasteiger partial charge is 0.313 e. The maximum Gasteiger partial charge on any atom is 0.108 e. The molecule has 0 spiro atoms. The van der Waals surface area contributed by atoms with E-state index in [1.54, 1.807) is 6.07 Å². The van der Waals surface area contributed by atoms with Crippen molar-refractivity contribution in [2.24, 2.45) is 5.18 Å². The Hall–Kier alpha value is -1.42. The second-order valence-corrected chi connectivity index (χ2v) is 6.36. The van der Waals surface area contributed by atoms with E-state index in [0.29, 0.717) is 15.7 Å². The molecule has 0 heterocycles. The van der Waals surface area contributed by atoms with Gasteiger partial charge in [-0.1, -0.05) is 35.3 Å². The molecule has 1 unspecified atom stereocenters. The fourth-order valence-corrected chi connectivity index (χ4v) is 3.56. The monoisotopic (exact) mass is 334 g/mol. The number of nitrogens with one attached hydrogen (secondary N) is 1. The van der Waals surface area contributed by atoms with Gasteiger partial charge in [-0.25, -0.2) is 0 Å². The summed E-state index contributed by atoms with van der Waals surface area (Å²) >= 11 is 12.2. The van der Waals surface area contributed by atoms with Crippen LogP contribution in [0.15, 0.2) is 41.6 Å². The van der Waals surface area contributed by atoms with Crippen LogP contribution in [-0.4, -0.2) is 7.05 Å². The van der Waals surface area contributed by atoms with Crippen LogP contribution in [0.25, 0.3) is 0 Å². The first-order valence-corrected chi connectivity index (χ1v) is 7.99. The zero-order chi connectivity index (χ0) is 15.7. The highest BCUT2D eigenvalue weighted by molar-refractivity contribution is 6.42. The maximum atomic E-state index is 10.8. The molecule has 1 aliphatic carbocycles. The van der Waals surface area contributed by atoms with Crippen molar-refractivity contribution < 1.29 is 0 Å². The van der Waals surface area contributed by atoms with Gasteiger partial charge in [-0.15, -0.1) is 4.91 Å². The van der Waals surface area contributed by atoms with Crippen LogP contribution in [0.1, 0.15) is 41.5 Å². The molecule has 0 aliphatic heterocycles. The number of nitroso groups, excluding NO2 is 1. The van der Waals surface area contributed by atoms with Crippen LogP contribution in [0.4, 0.5) is 5.69 Å². The minimum atomic E-state index is 0.246. The van der Waals surface area contributed by atoms with Crippen LogP contribution in [0.5, 0.6) is 0 Å². The van der Waals surface area contributed by atoms with Crippen molar-refractivity contribution in [2.45, 2.75) is 24.8 Å². The molecule has 0 fully saturated rings. The minimum absolute atomic E-state index is 0.246. The van der Waals surface area contributed by atoms with E-state index in [1.165, 1.54) is 5.56 Å². The zero-order valence-electron chi connectivity index (χ0n) is 12.1. The van der Waals surface area contributed by atoms with Crippen LogP contribution in [0, 0.1) is 4.91 Å². The van der Waals surface area contributed by atoms with Gasteiger partial charge in [0.05, 0.1) is 10.0 Å². The van der Waals surface area contributed by atoms with Gasteiger partial charge in [-0.3, -0.25) is 0 Å². The molecular weight excluding hydrogens is 319 g/mol. The molecule has 2 aromatic carbocycles. The van der Waals surface area contributed by atoms with Gasteiger partial charge in [0, 0.05) is 12.0 Å². The molecule has 0 saturated heterocycles. The number of benzene rings is 2. The SMILES string of the molecule is CNC1CC[C@@H](c2ccc(Cl)c(Cl)c2)c2ccc(N=O)cc21. The molecule has 3 rings (SSSR count). The third kappa shape index (κ3) is 2.76. The summed E-state index contributed by atoms with van der Waals surface area (Å²) in [6.45, 7) is 0. The fraction of sp³-hybridized carbons (Fsp3) is 0.294. The van der Waals surface area contributed by atoms with Gasteiger partial charge in [-0.05, 0) is 66.0 Å². The van der Waals surface area contributed by atoms with E-state index in [2.05, 4.69) is 10.5 Å². The first-order chi connectivity index (χ1) is 10.6. The van der Waals surface area contributed by atoms with E-state index in [1.807, 2.05) is 37.4 Å². The lowest BCUT2D eigenvalue weighted by atomic mass is 9.76. The molecule has 0 bridgehead atoms. The first-order valence-electron chi connectivity index (χ1n) is 7.23. The van der Waals surface area contributed by atoms with E-state index >= 15 is 0 Å². The summed E-state index contributed by atoms with van der Waals surface area (Å²) in [5, 5.41) is 7.50. The Balaban J connectivity index is 2.08. The molecule has 0 amide bonds. The van der Waals surface area contributed by atoms with Crippen LogP contribution in [0.3, 0.4) is 0 Å². The standard InChI is InChI=1S/C17H16Cl2N2O/c1-20-17-7-5-12(10-2-6-15(18)16(19)8-10)13-4-3-11(21-22)9-14(13)17/h2-4,6,8-9,12,17,20H,5,7H2,1H3/t12-,17?/m0/s1. The van der Waals surface area contributed by atoms with Gasteiger partial charge < -0.3 is 5.32 Å². The van der Waals surface area contributed by atoms with Crippen molar-refractivity contribution in [1.29, 1.82) is 0 Å². The molecular formula is C17H16Cl2N2O. The Bertz CT molecular complexity index is 718. The van der Waals surface area contributed by atoms with E-state index in [9.17, 15) is 4.91 Å². The Kier molecular flexibility index (Phi) is 4.48. The number of halogens is 2. The summed E-state index contributed by atoms with van der Waals surface area (Å²) in [6.07, 6.45) is 2.01. The molecule has 0 saturated carbocycles. The molecule has 2 aromatic rings. The number of nitrogens with zero attached hydrogens (tertiary/aromatic N) is 1. The minimum Gasteiger partial charge on any atom is -0.313 e. The van der Waals surface area contributed by atoms with E-state index in [0.717, 1.165) is 24.0 Å². The Labute approximate surface area is 139 Å². The van der Waals surface area contributed by atoms with Crippen molar-refractivity contribution in [3.63, 3.8) is 0 Å². The smallest absolute Gasteiger partial charge is 0.108 e.